The minimum Gasteiger partial charge on any atom is -0.507 e. The fourth-order valence-electron chi connectivity index (χ4n) is 3.68. The zero-order valence-electron chi connectivity index (χ0n) is 18.0. The molecule has 0 radical (unpaired) electrons. The monoisotopic (exact) mass is 431 g/mol. The van der Waals surface area contributed by atoms with Crippen LogP contribution in [0.15, 0.2) is 103 Å². The Bertz CT molecular complexity index is 1400. The smallest absolute Gasteiger partial charge is 0.167 e. The van der Waals surface area contributed by atoms with Crippen LogP contribution >= 0.6 is 0 Å². The van der Waals surface area contributed by atoms with E-state index in [1.165, 1.54) is 0 Å². The lowest BCUT2D eigenvalue weighted by atomic mass is 10.0. The van der Waals surface area contributed by atoms with Crippen molar-refractivity contribution < 1.29 is 9.84 Å². The first-order valence-electron chi connectivity index (χ1n) is 10.6. The molecule has 1 N–H and O–H groups in total. The van der Waals surface area contributed by atoms with E-state index in [4.69, 9.17) is 14.7 Å². The van der Waals surface area contributed by atoms with Crippen molar-refractivity contribution in [1.82, 2.24) is 15.0 Å². The number of benzene rings is 4. The van der Waals surface area contributed by atoms with Crippen LogP contribution in [0.25, 0.3) is 45.3 Å². The molecule has 0 saturated heterocycles. The van der Waals surface area contributed by atoms with Gasteiger partial charge in [-0.1, -0.05) is 78.9 Å². The predicted molar refractivity (Wildman–Crippen MR) is 130 cm³/mol. The first-order valence-corrected chi connectivity index (χ1v) is 10.6. The third kappa shape index (κ3) is 4.16. The molecule has 4 aromatic carbocycles. The first-order chi connectivity index (χ1) is 16.2. The molecule has 0 aliphatic heterocycles. The third-order valence-electron chi connectivity index (χ3n) is 5.38. The highest BCUT2D eigenvalue weighted by Gasteiger charge is 2.16. The molecule has 0 spiro atoms. The minimum absolute atomic E-state index is 0.111. The van der Waals surface area contributed by atoms with E-state index in [9.17, 15) is 5.11 Å². The number of nitrogens with zero attached hydrogens (tertiary/aromatic N) is 3. The van der Waals surface area contributed by atoms with Crippen LogP contribution in [0, 0.1) is 0 Å². The molecule has 0 bridgehead atoms. The molecule has 5 heteroatoms. The summed E-state index contributed by atoms with van der Waals surface area (Å²) in [5, 5.41) is 10.4. The van der Waals surface area contributed by atoms with Crippen molar-refractivity contribution >= 4 is 0 Å². The van der Waals surface area contributed by atoms with Crippen molar-refractivity contribution in [3.8, 4) is 56.8 Å². The van der Waals surface area contributed by atoms with Gasteiger partial charge in [-0.25, -0.2) is 15.0 Å². The van der Waals surface area contributed by atoms with E-state index in [0.717, 1.165) is 22.3 Å². The molecule has 0 aliphatic carbocycles. The fourth-order valence-corrected chi connectivity index (χ4v) is 3.68. The largest absolute Gasteiger partial charge is 0.507 e. The Morgan fingerprint density at radius 1 is 0.515 bits per heavy atom. The molecule has 0 amide bonds. The van der Waals surface area contributed by atoms with Gasteiger partial charge in [0.1, 0.15) is 11.5 Å². The molecule has 1 heterocycles. The van der Waals surface area contributed by atoms with Gasteiger partial charge < -0.3 is 9.84 Å². The van der Waals surface area contributed by atoms with E-state index in [1.54, 1.807) is 25.3 Å². The number of rotatable bonds is 5. The van der Waals surface area contributed by atoms with Gasteiger partial charge in [0.05, 0.1) is 18.2 Å². The zero-order valence-corrected chi connectivity index (χ0v) is 18.0. The molecule has 5 aromatic rings. The lowest BCUT2D eigenvalue weighted by Crippen LogP contribution is -2.01. The Labute approximate surface area is 192 Å². The summed E-state index contributed by atoms with van der Waals surface area (Å²) in [7, 11) is 1.62. The van der Waals surface area contributed by atoms with Crippen LogP contribution in [0.5, 0.6) is 11.5 Å². The van der Waals surface area contributed by atoms with Crippen molar-refractivity contribution in [3.63, 3.8) is 0 Å². The molecular formula is C28H21N3O2. The summed E-state index contributed by atoms with van der Waals surface area (Å²) in [6.07, 6.45) is 0. The summed E-state index contributed by atoms with van der Waals surface area (Å²) in [6, 6.07) is 32.9. The maximum absolute atomic E-state index is 10.4. The average molecular weight is 431 g/mol. The lowest BCUT2D eigenvalue weighted by molar-refractivity contribution is 0.416. The van der Waals surface area contributed by atoms with Crippen LogP contribution in [0.1, 0.15) is 0 Å². The molecule has 1 aromatic heterocycles. The van der Waals surface area contributed by atoms with Gasteiger partial charge in [-0.2, -0.15) is 0 Å². The zero-order chi connectivity index (χ0) is 22.6. The van der Waals surface area contributed by atoms with Gasteiger partial charge in [0, 0.05) is 5.56 Å². The van der Waals surface area contributed by atoms with Crippen LogP contribution < -0.4 is 4.74 Å². The highest BCUT2D eigenvalue weighted by molar-refractivity contribution is 5.73. The SMILES string of the molecule is COc1ccccc1-c1nc(-c2ccc(-c3ccccc3)cc2)nc(-c2ccccc2O)n1. The standard InChI is InChI=1S/C28H21N3O2/c1-33-25-14-8-6-12-23(25)28-30-26(29-27(31-28)22-11-5-7-13-24(22)32)21-17-15-20(16-18-21)19-9-3-2-4-10-19/h2-18,32H,1H3. The summed E-state index contributed by atoms with van der Waals surface area (Å²) in [5.41, 5.74) is 4.40. The molecule has 160 valence electrons. The second-order valence-electron chi connectivity index (χ2n) is 7.47. The van der Waals surface area contributed by atoms with Crippen molar-refractivity contribution in [1.29, 1.82) is 0 Å². The van der Waals surface area contributed by atoms with Gasteiger partial charge >= 0.3 is 0 Å². The number of hydrogen-bond donors (Lipinski definition) is 1. The minimum atomic E-state index is 0.111. The van der Waals surface area contributed by atoms with Crippen molar-refractivity contribution in [2.75, 3.05) is 7.11 Å². The molecule has 0 unspecified atom stereocenters. The third-order valence-corrected chi connectivity index (χ3v) is 5.38. The summed E-state index contributed by atoms with van der Waals surface area (Å²) in [6.45, 7) is 0. The summed E-state index contributed by atoms with van der Waals surface area (Å²) < 4.78 is 5.53. The summed E-state index contributed by atoms with van der Waals surface area (Å²) in [5.74, 6) is 2.16. The number of aromatic nitrogens is 3. The second kappa shape index (κ2) is 8.93. The Hall–Kier alpha value is -4.51. The molecule has 0 fully saturated rings. The maximum Gasteiger partial charge on any atom is 0.167 e. The number of hydrogen-bond acceptors (Lipinski definition) is 5. The normalized spacial score (nSPS) is 10.7. The van der Waals surface area contributed by atoms with Crippen molar-refractivity contribution in [3.05, 3.63) is 103 Å². The topological polar surface area (TPSA) is 68.1 Å². The van der Waals surface area contributed by atoms with Crippen LogP contribution in [-0.4, -0.2) is 27.2 Å². The number of methoxy groups -OCH3 is 1. The number of phenolic OH excluding ortho intramolecular Hbond substituents is 1. The summed E-state index contributed by atoms with van der Waals surface area (Å²) >= 11 is 0. The van der Waals surface area contributed by atoms with Crippen molar-refractivity contribution in [2.24, 2.45) is 0 Å². The van der Waals surface area contributed by atoms with E-state index in [1.807, 2.05) is 60.7 Å². The van der Waals surface area contributed by atoms with Gasteiger partial charge in [-0.05, 0) is 35.4 Å². The van der Waals surface area contributed by atoms with E-state index in [0.29, 0.717) is 28.8 Å². The van der Waals surface area contributed by atoms with E-state index >= 15 is 0 Å². The molecule has 5 nitrogen and oxygen atoms in total. The fraction of sp³-hybridized carbons (Fsp3) is 0.0357. The van der Waals surface area contributed by atoms with Crippen LogP contribution in [0.2, 0.25) is 0 Å². The molecule has 0 atom stereocenters. The first kappa shape index (κ1) is 20.4. The quantitative estimate of drug-likeness (QED) is 0.356. The van der Waals surface area contributed by atoms with Crippen LogP contribution in [-0.2, 0) is 0 Å². The van der Waals surface area contributed by atoms with Gasteiger partial charge in [0.15, 0.2) is 17.5 Å². The van der Waals surface area contributed by atoms with Crippen LogP contribution in [0.4, 0.5) is 0 Å². The van der Waals surface area contributed by atoms with Gasteiger partial charge in [0.25, 0.3) is 0 Å². The highest BCUT2D eigenvalue weighted by Crippen LogP contribution is 2.33. The summed E-state index contributed by atoms with van der Waals surface area (Å²) in [4.78, 5) is 14.1. The molecule has 0 saturated carbocycles. The molecule has 5 rings (SSSR count). The predicted octanol–water partition coefficient (Wildman–Crippen LogP) is 6.25. The van der Waals surface area contributed by atoms with Crippen LogP contribution in [0.3, 0.4) is 0 Å². The second-order valence-corrected chi connectivity index (χ2v) is 7.47. The van der Waals surface area contributed by atoms with Gasteiger partial charge in [-0.3, -0.25) is 0 Å². The Balaban J connectivity index is 1.65. The number of ether oxygens (including phenoxy) is 1. The van der Waals surface area contributed by atoms with E-state index in [2.05, 4.69) is 29.2 Å². The van der Waals surface area contributed by atoms with Crippen molar-refractivity contribution in [2.45, 2.75) is 0 Å². The van der Waals surface area contributed by atoms with E-state index in [-0.39, 0.29) is 5.75 Å². The lowest BCUT2D eigenvalue weighted by Gasteiger charge is -2.11. The number of phenols is 1. The Morgan fingerprint density at radius 3 is 1.73 bits per heavy atom. The van der Waals surface area contributed by atoms with Gasteiger partial charge in [-0.15, -0.1) is 0 Å². The van der Waals surface area contributed by atoms with Gasteiger partial charge in [0.2, 0.25) is 0 Å². The maximum atomic E-state index is 10.4. The Morgan fingerprint density at radius 2 is 1.03 bits per heavy atom. The highest BCUT2D eigenvalue weighted by atomic mass is 16.5. The molecule has 33 heavy (non-hydrogen) atoms. The number of para-hydroxylation sites is 2. The van der Waals surface area contributed by atoms with E-state index < -0.39 is 0 Å². The number of aromatic hydroxyl groups is 1. The molecular weight excluding hydrogens is 410 g/mol. The molecule has 0 aliphatic rings. The Kier molecular flexibility index (Phi) is 5.52. The average Bonchev–Trinajstić information content (AvgIpc) is 2.89.